The maximum absolute atomic E-state index is 11.5. The molecule has 4 nitrogen and oxygen atoms in total. The highest BCUT2D eigenvalue weighted by Gasteiger charge is 2.21. The zero-order valence-electron chi connectivity index (χ0n) is 12.7. The van der Waals surface area contributed by atoms with Gasteiger partial charge in [0, 0.05) is 38.4 Å². The third-order valence-electron chi connectivity index (χ3n) is 3.74. The van der Waals surface area contributed by atoms with Crippen LogP contribution in [0.3, 0.4) is 0 Å². The van der Waals surface area contributed by atoms with E-state index in [9.17, 15) is 4.79 Å². The van der Waals surface area contributed by atoms with Crippen molar-refractivity contribution in [3.63, 3.8) is 0 Å². The van der Waals surface area contributed by atoms with E-state index < -0.39 is 0 Å². The Kier molecular flexibility index (Phi) is 4.99. The molecule has 1 saturated heterocycles. The number of carbonyl (C=O) groups excluding carboxylic acids is 1. The maximum atomic E-state index is 11.5. The molecular formula is C16H25N3O. The fraction of sp³-hybridized carbons (Fsp3) is 0.625. The van der Waals surface area contributed by atoms with Crippen LogP contribution in [0.25, 0.3) is 0 Å². The van der Waals surface area contributed by atoms with Crippen LogP contribution in [0.4, 0.5) is 5.69 Å². The summed E-state index contributed by atoms with van der Waals surface area (Å²) in [7, 11) is 0. The Morgan fingerprint density at radius 2 is 2.30 bits per heavy atom. The number of nitrogens with zero attached hydrogens (tertiary/aromatic N) is 2. The van der Waals surface area contributed by atoms with E-state index in [1.807, 2.05) is 17.3 Å². The van der Waals surface area contributed by atoms with Crippen molar-refractivity contribution in [1.29, 1.82) is 0 Å². The first-order valence-corrected chi connectivity index (χ1v) is 7.50. The molecule has 1 aromatic heterocycles. The van der Waals surface area contributed by atoms with E-state index >= 15 is 0 Å². The Morgan fingerprint density at radius 3 is 3.00 bits per heavy atom. The number of carbonyl (C=O) groups is 1. The molecule has 110 valence electrons. The third kappa shape index (κ3) is 4.22. The van der Waals surface area contributed by atoms with Crippen molar-refractivity contribution in [3.05, 3.63) is 24.0 Å². The minimum atomic E-state index is 0.197. The van der Waals surface area contributed by atoms with Gasteiger partial charge in [0.25, 0.3) is 0 Å². The van der Waals surface area contributed by atoms with Crippen molar-refractivity contribution in [2.45, 2.75) is 46.1 Å². The molecule has 1 fully saturated rings. The largest absolute Gasteiger partial charge is 0.382 e. The number of hydrogen-bond acceptors (Lipinski definition) is 3. The molecule has 1 N–H and O–H groups in total. The van der Waals surface area contributed by atoms with Crippen molar-refractivity contribution in [2.75, 3.05) is 18.4 Å². The van der Waals surface area contributed by atoms with E-state index in [-0.39, 0.29) is 5.91 Å². The second-order valence-corrected chi connectivity index (χ2v) is 6.06. The molecule has 0 aliphatic carbocycles. The van der Waals surface area contributed by atoms with Gasteiger partial charge in [-0.1, -0.05) is 0 Å². The molecule has 2 rings (SSSR count). The summed E-state index contributed by atoms with van der Waals surface area (Å²) >= 11 is 0. The van der Waals surface area contributed by atoms with Crippen LogP contribution in [0, 0.1) is 5.92 Å². The number of amides is 1. The molecule has 0 bridgehead atoms. The molecule has 4 heteroatoms. The van der Waals surface area contributed by atoms with E-state index in [0.717, 1.165) is 31.6 Å². The summed E-state index contributed by atoms with van der Waals surface area (Å²) in [5.74, 6) is 0.756. The highest BCUT2D eigenvalue weighted by atomic mass is 16.2. The monoisotopic (exact) mass is 275 g/mol. The lowest BCUT2D eigenvalue weighted by Gasteiger charge is -2.32. The zero-order valence-corrected chi connectivity index (χ0v) is 12.7. The molecule has 0 spiro atoms. The summed E-state index contributed by atoms with van der Waals surface area (Å²) in [6.07, 6.45) is 7.13. The number of likely N-dealkylation sites (tertiary alicyclic amines) is 1. The molecule has 20 heavy (non-hydrogen) atoms. The average molecular weight is 275 g/mol. The van der Waals surface area contributed by atoms with Crippen LogP contribution in [0.1, 0.15) is 39.2 Å². The number of hydrogen-bond donors (Lipinski definition) is 1. The first-order valence-electron chi connectivity index (χ1n) is 7.50. The summed E-state index contributed by atoms with van der Waals surface area (Å²) in [4.78, 5) is 17.8. The van der Waals surface area contributed by atoms with Crippen LogP contribution in [0.5, 0.6) is 0 Å². The fourth-order valence-electron chi connectivity index (χ4n) is 2.86. The second-order valence-electron chi connectivity index (χ2n) is 6.06. The predicted octanol–water partition coefficient (Wildman–Crippen LogP) is 2.70. The molecule has 1 aliphatic heterocycles. The molecule has 1 aliphatic rings. The Balaban J connectivity index is 1.97. The van der Waals surface area contributed by atoms with Crippen LogP contribution < -0.4 is 5.32 Å². The topological polar surface area (TPSA) is 45.2 Å². The van der Waals surface area contributed by atoms with Crippen molar-refractivity contribution in [1.82, 2.24) is 9.88 Å². The van der Waals surface area contributed by atoms with Gasteiger partial charge in [-0.15, -0.1) is 0 Å². The van der Waals surface area contributed by atoms with Crippen molar-refractivity contribution < 1.29 is 4.79 Å². The van der Waals surface area contributed by atoms with Gasteiger partial charge in [0.15, 0.2) is 0 Å². The van der Waals surface area contributed by atoms with E-state index in [0.29, 0.717) is 12.0 Å². The summed E-state index contributed by atoms with van der Waals surface area (Å²) < 4.78 is 0. The number of rotatable bonds is 4. The van der Waals surface area contributed by atoms with Crippen LogP contribution >= 0.6 is 0 Å². The molecule has 0 saturated carbocycles. The SMILES string of the molecule is CC(=O)N1CCCC(Cc2cncc(NC(C)C)c2)C1. The van der Waals surface area contributed by atoms with Crippen LogP contribution in [-0.4, -0.2) is 34.9 Å². The number of anilines is 1. The molecule has 1 aromatic rings. The normalized spacial score (nSPS) is 19.2. The molecular weight excluding hydrogens is 250 g/mol. The first kappa shape index (κ1) is 14.8. The smallest absolute Gasteiger partial charge is 0.219 e. The minimum Gasteiger partial charge on any atom is -0.382 e. The zero-order chi connectivity index (χ0) is 14.5. The van der Waals surface area contributed by atoms with Gasteiger partial charge in [0.1, 0.15) is 0 Å². The summed E-state index contributed by atoms with van der Waals surface area (Å²) in [6.45, 7) is 7.71. The van der Waals surface area contributed by atoms with Gasteiger partial charge in [-0.2, -0.15) is 0 Å². The lowest BCUT2D eigenvalue weighted by atomic mass is 9.92. The van der Waals surface area contributed by atoms with Gasteiger partial charge in [-0.25, -0.2) is 0 Å². The van der Waals surface area contributed by atoms with Gasteiger partial charge in [0.05, 0.1) is 5.69 Å². The van der Waals surface area contributed by atoms with Gasteiger partial charge in [-0.05, 0) is 50.7 Å². The van der Waals surface area contributed by atoms with E-state index in [2.05, 4.69) is 30.2 Å². The van der Waals surface area contributed by atoms with Gasteiger partial charge < -0.3 is 10.2 Å². The summed E-state index contributed by atoms with van der Waals surface area (Å²) in [5, 5.41) is 3.38. The van der Waals surface area contributed by atoms with Crippen molar-refractivity contribution in [2.24, 2.45) is 5.92 Å². The fourth-order valence-corrected chi connectivity index (χ4v) is 2.86. The number of nitrogens with one attached hydrogen (secondary N) is 1. The minimum absolute atomic E-state index is 0.197. The number of aromatic nitrogens is 1. The second kappa shape index (κ2) is 6.73. The summed E-state index contributed by atoms with van der Waals surface area (Å²) in [5.41, 5.74) is 2.34. The van der Waals surface area contributed by atoms with Crippen LogP contribution in [0.2, 0.25) is 0 Å². The van der Waals surface area contributed by atoms with Crippen molar-refractivity contribution >= 4 is 11.6 Å². The Hall–Kier alpha value is -1.58. The lowest BCUT2D eigenvalue weighted by molar-refractivity contribution is -0.130. The maximum Gasteiger partial charge on any atom is 0.219 e. The van der Waals surface area contributed by atoms with Crippen molar-refractivity contribution in [3.8, 4) is 0 Å². The Morgan fingerprint density at radius 1 is 1.50 bits per heavy atom. The van der Waals surface area contributed by atoms with E-state index in [1.165, 1.54) is 12.0 Å². The standard InChI is InChI=1S/C16H25N3O/c1-12(2)18-16-8-15(9-17-10-16)7-14-5-4-6-19(11-14)13(3)20/h8-10,12,14,18H,4-7,11H2,1-3H3. The molecule has 0 aromatic carbocycles. The van der Waals surface area contributed by atoms with Gasteiger partial charge in [0.2, 0.25) is 5.91 Å². The lowest BCUT2D eigenvalue weighted by Crippen LogP contribution is -2.39. The number of pyridine rings is 1. The van der Waals surface area contributed by atoms with Gasteiger partial charge >= 0.3 is 0 Å². The van der Waals surface area contributed by atoms with E-state index in [4.69, 9.17) is 0 Å². The van der Waals surface area contributed by atoms with Gasteiger partial charge in [-0.3, -0.25) is 9.78 Å². The predicted molar refractivity (Wildman–Crippen MR) is 81.7 cm³/mol. The summed E-state index contributed by atoms with van der Waals surface area (Å²) in [6, 6.07) is 2.59. The van der Waals surface area contributed by atoms with E-state index in [1.54, 1.807) is 6.92 Å². The highest BCUT2D eigenvalue weighted by molar-refractivity contribution is 5.73. The molecule has 2 heterocycles. The Bertz CT molecular complexity index is 459. The molecule has 1 unspecified atom stereocenters. The average Bonchev–Trinajstić information content (AvgIpc) is 2.38. The van der Waals surface area contributed by atoms with Crippen LogP contribution in [-0.2, 0) is 11.2 Å². The first-order chi connectivity index (χ1) is 9.54. The number of piperidine rings is 1. The molecule has 1 atom stereocenters. The highest BCUT2D eigenvalue weighted by Crippen LogP contribution is 2.22. The quantitative estimate of drug-likeness (QED) is 0.919. The molecule has 0 radical (unpaired) electrons. The molecule has 1 amide bonds. The third-order valence-corrected chi connectivity index (χ3v) is 3.74. The van der Waals surface area contributed by atoms with Crippen LogP contribution in [0.15, 0.2) is 18.5 Å². The Labute approximate surface area is 121 Å².